The Hall–Kier alpha value is -1.89. The van der Waals surface area contributed by atoms with E-state index in [9.17, 15) is 0 Å². The van der Waals surface area contributed by atoms with Crippen LogP contribution >= 0.6 is 11.3 Å². The highest BCUT2D eigenvalue weighted by atomic mass is 32.1. The van der Waals surface area contributed by atoms with E-state index in [4.69, 9.17) is 4.74 Å². The zero-order valence-corrected chi connectivity index (χ0v) is 13.6. The van der Waals surface area contributed by atoms with E-state index >= 15 is 0 Å². The lowest BCUT2D eigenvalue weighted by molar-refractivity contribution is 0.379. The van der Waals surface area contributed by atoms with E-state index in [1.165, 1.54) is 9.75 Å². The van der Waals surface area contributed by atoms with Crippen LogP contribution in [-0.2, 0) is 6.42 Å². The van der Waals surface area contributed by atoms with E-state index in [1.54, 1.807) is 7.11 Å². The molecule has 0 saturated heterocycles. The van der Waals surface area contributed by atoms with Gasteiger partial charge in [-0.05, 0) is 32.9 Å². The van der Waals surface area contributed by atoms with E-state index < -0.39 is 0 Å². The summed E-state index contributed by atoms with van der Waals surface area (Å²) < 4.78 is 5.10. The molecule has 0 aliphatic rings. The minimum atomic E-state index is 0.227. The molecule has 7 heteroatoms. The Balaban J connectivity index is 2.05. The van der Waals surface area contributed by atoms with E-state index in [0.29, 0.717) is 17.9 Å². The van der Waals surface area contributed by atoms with Crippen molar-refractivity contribution in [3.63, 3.8) is 0 Å². The number of aromatic nitrogens is 3. The topological polar surface area (TPSA) is 72.0 Å². The number of anilines is 2. The summed E-state index contributed by atoms with van der Waals surface area (Å²) >= 11 is 1.82. The third kappa shape index (κ3) is 4.56. The van der Waals surface area contributed by atoms with Crippen molar-refractivity contribution >= 4 is 23.2 Å². The van der Waals surface area contributed by atoms with Gasteiger partial charge in [0.05, 0.1) is 7.11 Å². The number of thiophene rings is 1. The lowest BCUT2D eigenvalue weighted by Crippen LogP contribution is -2.20. The summed E-state index contributed by atoms with van der Waals surface area (Å²) in [4.78, 5) is 15.4. The minimum absolute atomic E-state index is 0.227. The fourth-order valence-corrected chi connectivity index (χ4v) is 2.94. The standard InChI is InChI=1S/C14H21N5OS/c1-5-15-12-17-13(19-14(18-12)20-4)16-9(2)8-11-7-6-10(3)21-11/h6-7,9H,5,8H2,1-4H3,(H2,15,16,17,18,19). The molecule has 1 unspecified atom stereocenters. The van der Waals surface area contributed by atoms with Crippen LogP contribution in [0.3, 0.4) is 0 Å². The Kier molecular flexibility index (Phi) is 5.32. The van der Waals surface area contributed by atoms with Crippen LogP contribution in [-0.4, -0.2) is 34.6 Å². The molecule has 2 N–H and O–H groups in total. The minimum Gasteiger partial charge on any atom is -0.467 e. The number of ether oxygens (including phenoxy) is 1. The second-order valence-corrected chi connectivity index (χ2v) is 6.13. The molecule has 0 radical (unpaired) electrons. The highest BCUT2D eigenvalue weighted by molar-refractivity contribution is 7.11. The van der Waals surface area contributed by atoms with E-state index in [-0.39, 0.29) is 6.04 Å². The van der Waals surface area contributed by atoms with Gasteiger partial charge in [-0.1, -0.05) is 0 Å². The van der Waals surface area contributed by atoms with Crippen molar-refractivity contribution in [2.75, 3.05) is 24.3 Å². The monoisotopic (exact) mass is 307 g/mol. The lowest BCUT2D eigenvalue weighted by atomic mass is 10.2. The third-order valence-corrected chi connectivity index (χ3v) is 3.83. The van der Waals surface area contributed by atoms with Crippen molar-refractivity contribution in [2.45, 2.75) is 33.2 Å². The quantitative estimate of drug-likeness (QED) is 0.819. The van der Waals surface area contributed by atoms with E-state index in [2.05, 4.69) is 51.6 Å². The van der Waals surface area contributed by atoms with Gasteiger partial charge in [0, 0.05) is 28.8 Å². The molecule has 0 aliphatic carbocycles. The molecule has 0 bridgehead atoms. The van der Waals surface area contributed by atoms with Crippen molar-refractivity contribution < 1.29 is 4.74 Å². The lowest BCUT2D eigenvalue weighted by Gasteiger charge is -2.14. The molecular formula is C14H21N5OS. The summed E-state index contributed by atoms with van der Waals surface area (Å²) in [5.41, 5.74) is 0. The summed E-state index contributed by atoms with van der Waals surface area (Å²) in [5, 5.41) is 6.37. The number of aryl methyl sites for hydroxylation is 1. The van der Waals surface area contributed by atoms with Gasteiger partial charge in [-0.15, -0.1) is 11.3 Å². The molecule has 0 aromatic carbocycles. The first kappa shape index (κ1) is 15.5. The van der Waals surface area contributed by atoms with Gasteiger partial charge in [-0.2, -0.15) is 15.0 Å². The summed E-state index contributed by atoms with van der Waals surface area (Å²) in [6.07, 6.45) is 0.934. The van der Waals surface area contributed by atoms with Crippen molar-refractivity contribution in [1.82, 2.24) is 15.0 Å². The predicted molar refractivity (Wildman–Crippen MR) is 86.4 cm³/mol. The average molecular weight is 307 g/mol. The smallest absolute Gasteiger partial charge is 0.322 e. The van der Waals surface area contributed by atoms with Gasteiger partial charge in [0.2, 0.25) is 11.9 Å². The van der Waals surface area contributed by atoms with Crippen LogP contribution < -0.4 is 15.4 Å². The van der Waals surface area contributed by atoms with Gasteiger partial charge < -0.3 is 15.4 Å². The van der Waals surface area contributed by atoms with Gasteiger partial charge in [-0.3, -0.25) is 0 Å². The molecule has 2 aromatic rings. The van der Waals surface area contributed by atoms with Crippen molar-refractivity contribution in [1.29, 1.82) is 0 Å². The molecule has 0 saturated carbocycles. The molecule has 2 heterocycles. The van der Waals surface area contributed by atoms with Crippen molar-refractivity contribution in [3.8, 4) is 6.01 Å². The molecule has 6 nitrogen and oxygen atoms in total. The van der Waals surface area contributed by atoms with Gasteiger partial charge in [0.1, 0.15) is 0 Å². The maximum Gasteiger partial charge on any atom is 0.322 e. The molecule has 0 amide bonds. The predicted octanol–water partition coefficient (Wildman–Crippen LogP) is 2.73. The van der Waals surface area contributed by atoms with Crippen LogP contribution in [0.15, 0.2) is 12.1 Å². The summed E-state index contributed by atoms with van der Waals surface area (Å²) in [6, 6.07) is 4.84. The van der Waals surface area contributed by atoms with Crippen molar-refractivity contribution in [2.24, 2.45) is 0 Å². The molecule has 0 spiro atoms. The van der Waals surface area contributed by atoms with Crippen LogP contribution in [0, 0.1) is 6.92 Å². The van der Waals surface area contributed by atoms with Crippen LogP contribution in [0.5, 0.6) is 6.01 Å². The van der Waals surface area contributed by atoms with Gasteiger partial charge in [0.25, 0.3) is 0 Å². The second-order valence-electron chi connectivity index (χ2n) is 4.76. The van der Waals surface area contributed by atoms with E-state index in [1.807, 2.05) is 18.3 Å². The van der Waals surface area contributed by atoms with Crippen LogP contribution in [0.4, 0.5) is 11.9 Å². The molecule has 114 valence electrons. The van der Waals surface area contributed by atoms with E-state index in [0.717, 1.165) is 13.0 Å². The highest BCUT2D eigenvalue weighted by Crippen LogP contribution is 2.18. The highest BCUT2D eigenvalue weighted by Gasteiger charge is 2.10. The third-order valence-electron chi connectivity index (χ3n) is 2.81. The Morgan fingerprint density at radius 2 is 2.00 bits per heavy atom. The number of methoxy groups -OCH3 is 1. The largest absolute Gasteiger partial charge is 0.467 e. The first-order valence-electron chi connectivity index (χ1n) is 6.96. The fraction of sp³-hybridized carbons (Fsp3) is 0.500. The molecule has 2 aromatic heterocycles. The fourth-order valence-electron chi connectivity index (χ4n) is 1.92. The molecule has 21 heavy (non-hydrogen) atoms. The molecule has 2 rings (SSSR count). The number of hydrogen-bond donors (Lipinski definition) is 2. The summed E-state index contributed by atoms with van der Waals surface area (Å²) in [5.74, 6) is 1.05. The Morgan fingerprint density at radius 3 is 2.62 bits per heavy atom. The van der Waals surface area contributed by atoms with Crippen LogP contribution in [0.25, 0.3) is 0 Å². The maximum absolute atomic E-state index is 5.10. The number of rotatable bonds is 7. The molecule has 0 fully saturated rings. The summed E-state index contributed by atoms with van der Waals surface area (Å²) in [6.45, 7) is 6.96. The Bertz CT molecular complexity index is 586. The van der Waals surface area contributed by atoms with Gasteiger partial charge in [0.15, 0.2) is 0 Å². The number of nitrogens with one attached hydrogen (secondary N) is 2. The maximum atomic E-state index is 5.10. The number of nitrogens with zero attached hydrogens (tertiary/aromatic N) is 3. The van der Waals surface area contributed by atoms with Crippen LogP contribution in [0.1, 0.15) is 23.6 Å². The second kappa shape index (κ2) is 7.21. The normalized spacial score (nSPS) is 12.0. The van der Waals surface area contributed by atoms with Crippen molar-refractivity contribution in [3.05, 3.63) is 21.9 Å². The molecule has 1 atom stereocenters. The van der Waals surface area contributed by atoms with Gasteiger partial charge in [-0.25, -0.2) is 0 Å². The molecule has 0 aliphatic heterocycles. The first-order chi connectivity index (χ1) is 10.1. The van der Waals surface area contributed by atoms with Crippen LogP contribution in [0.2, 0.25) is 0 Å². The zero-order chi connectivity index (χ0) is 15.2. The Morgan fingerprint density at radius 1 is 1.24 bits per heavy atom. The summed E-state index contributed by atoms with van der Waals surface area (Å²) in [7, 11) is 1.55. The Labute approximate surface area is 129 Å². The van der Waals surface area contributed by atoms with Gasteiger partial charge >= 0.3 is 6.01 Å². The number of hydrogen-bond acceptors (Lipinski definition) is 7. The average Bonchev–Trinajstić information content (AvgIpc) is 2.83. The first-order valence-corrected chi connectivity index (χ1v) is 7.78. The zero-order valence-electron chi connectivity index (χ0n) is 12.8. The molecular weight excluding hydrogens is 286 g/mol. The SMILES string of the molecule is CCNc1nc(NC(C)Cc2ccc(C)s2)nc(OC)n1.